The molecule has 26 heavy (non-hydrogen) atoms. The number of hydrogen-bond acceptors (Lipinski definition) is 3. The second-order valence-electron chi connectivity index (χ2n) is 5.89. The van der Waals surface area contributed by atoms with Gasteiger partial charge in [-0.05, 0) is 36.8 Å². The van der Waals surface area contributed by atoms with E-state index in [1.54, 1.807) is 32.2 Å². The van der Waals surface area contributed by atoms with Crippen LogP contribution in [0.2, 0.25) is 0 Å². The van der Waals surface area contributed by atoms with Crippen LogP contribution >= 0.6 is 0 Å². The van der Waals surface area contributed by atoms with Crippen molar-refractivity contribution in [1.29, 1.82) is 0 Å². The summed E-state index contributed by atoms with van der Waals surface area (Å²) in [5.74, 6) is -0.182. The molecule has 2 heterocycles. The van der Waals surface area contributed by atoms with Gasteiger partial charge in [-0.15, -0.1) is 0 Å². The van der Waals surface area contributed by atoms with Crippen LogP contribution < -0.4 is 16.0 Å². The zero-order valence-corrected chi connectivity index (χ0v) is 14.7. The molecule has 0 aliphatic carbocycles. The summed E-state index contributed by atoms with van der Waals surface area (Å²) < 4.78 is 1.95. The van der Waals surface area contributed by atoms with Crippen LogP contribution in [0.4, 0.5) is 10.5 Å². The fourth-order valence-electron chi connectivity index (χ4n) is 2.73. The Morgan fingerprint density at radius 3 is 2.77 bits per heavy atom. The van der Waals surface area contributed by atoms with Crippen molar-refractivity contribution in [3.05, 3.63) is 65.6 Å². The molecule has 0 spiro atoms. The van der Waals surface area contributed by atoms with E-state index in [1.807, 2.05) is 35.0 Å². The second kappa shape index (κ2) is 7.69. The molecule has 0 aliphatic rings. The lowest BCUT2D eigenvalue weighted by molar-refractivity contribution is 0.0962. The Balaban J connectivity index is 1.56. The molecule has 0 unspecified atom stereocenters. The molecule has 3 N–H and O–H groups in total. The van der Waals surface area contributed by atoms with E-state index in [1.165, 1.54) is 0 Å². The Labute approximate surface area is 151 Å². The summed E-state index contributed by atoms with van der Waals surface area (Å²) >= 11 is 0. The second-order valence-corrected chi connectivity index (χ2v) is 5.89. The smallest absolute Gasteiger partial charge is 0.319 e. The monoisotopic (exact) mass is 351 g/mol. The highest BCUT2D eigenvalue weighted by Gasteiger charge is 2.12. The van der Waals surface area contributed by atoms with E-state index in [4.69, 9.17) is 0 Å². The van der Waals surface area contributed by atoms with Gasteiger partial charge in [-0.1, -0.05) is 12.1 Å². The fraction of sp³-hybridized carbons (Fsp3) is 0.211. The van der Waals surface area contributed by atoms with Crippen LogP contribution in [0.25, 0.3) is 5.65 Å². The molecular weight excluding hydrogens is 330 g/mol. The van der Waals surface area contributed by atoms with Gasteiger partial charge in [0.15, 0.2) is 0 Å². The molecule has 0 fully saturated rings. The molecule has 0 atom stereocenters. The highest BCUT2D eigenvalue weighted by Crippen LogP contribution is 2.18. The zero-order chi connectivity index (χ0) is 18.5. The van der Waals surface area contributed by atoms with Crippen LogP contribution in [-0.4, -0.2) is 34.9 Å². The van der Waals surface area contributed by atoms with E-state index >= 15 is 0 Å². The molecule has 3 rings (SSSR count). The van der Waals surface area contributed by atoms with E-state index in [0.29, 0.717) is 24.2 Å². The van der Waals surface area contributed by atoms with Crippen LogP contribution in [-0.2, 0) is 6.42 Å². The number of anilines is 1. The summed E-state index contributed by atoms with van der Waals surface area (Å²) in [7, 11) is 1.58. The third-order valence-corrected chi connectivity index (χ3v) is 4.13. The molecule has 1 aromatic carbocycles. The number of aromatic nitrogens is 2. The topological polar surface area (TPSA) is 87.5 Å². The molecular formula is C19H21N5O2. The molecule has 0 saturated carbocycles. The number of urea groups is 1. The fourth-order valence-corrected chi connectivity index (χ4v) is 2.73. The average Bonchev–Trinajstić information content (AvgIpc) is 3.05. The number of rotatable bonds is 5. The van der Waals surface area contributed by atoms with Gasteiger partial charge in [0.1, 0.15) is 5.65 Å². The number of carbonyl (C=O) groups excluding carboxylic acids is 2. The molecule has 3 amide bonds. The predicted octanol–water partition coefficient (Wildman–Crippen LogP) is 2.37. The number of nitrogens with zero attached hydrogens (tertiary/aromatic N) is 2. The van der Waals surface area contributed by atoms with E-state index in [9.17, 15) is 9.59 Å². The van der Waals surface area contributed by atoms with E-state index < -0.39 is 0 Å². The summed E-state index contributed by atoms with van der Waals surface area (Å²) in [6.45, 7) is 2.26. The van der Waals surface area contributed by atoms with Crippen molar-refractivity contribution >= 4 is 23.3 Å². The Kier molecular flexibility index (Phi) is 5.17. The van der Waals surface area contributed by atoms with Gasteiger partial charge in [-0.3, -0.25) is 4.79 Å². The first-order valence-corrected chi connectivity index (χ1v) is 8.37. The van der Waals surface area contributed by atoms with Gasteiger partial charge >= 0.3 is 6.03 Å². The Hall–Kier alpha value is -3.35. The van der Waals surface area contributed by atoms with Crippen LogP contribution in [0.5, 0.6) is 0 Å². The first-order chi connectivity index (χ1) is 12.6. The summed E-state index contributed by atoms with van der Waals surface area (Å²) in [6, 6.07) is 10.7. The number of pyridine rings is 1. The van der Waals surface area contributed by atoms with E-state index in [2.05, 4.69) is 20.9 Å². The lowest BCUT2D eigenvalue weighted by atomic mass is 10.1. The van der Waals surface area contributed by atoms with Crippen molar-refractivity contribution in [3.8, 4) is 0 Å². The van der Waals surface area contributed by atoms with Gasteiger partial charge in [0.05, 0.1) is 5.69 Å². The lowest BCUT2D eigenvalue weighted by Gasteiger charge is -2.12. The van der Waals surface area contributed by atoms with Crippen molar-refractivity contribution in [1.82, 2.24) is 20.0 Å². The van der Waals surface area contributed by atoms with Crippen LogP contribution in [0, 0.1) is 6.92 Å². The van der Waals surface area contributed by atoms with Crippen molar-refractivity contribution < 1.29 is 9.59 Å². The summed E-state index contributed by atoms with van der Waals surface area (Å²) in [6.07, 6.45) is 4.52. The Morgan fingerprint density at radius 2 is 2.00 bits per heavy atom. The maximum Gasteiger partial charge on any atom is 0.319 e. The first-order valence-electron chi connectivity index (χ1n) is 8.37. The molecule has 7 heteroatoms. The minimum Gasteiger partial charge on any atom is -0.355 e. The van der Waals surface area contributed by atoms with Gasteiger partial charge in [0.25, 0.3) is 5.91 Å². The Morgan fingerprint density at radius 1 is 1.15 bits per heavy atom. The quantitative estimate of drug-likeness (QED) is 0.659. The molecule has 0 saturated heterocycles. The van der Waals surface area contributed by atoms with Crippen LogP contribution in [0.1, 0.15) is 21.6 Å². The molecule has 134 valence electrons. The number of nitrogens with one attached hydrogen (secondary N) is 3. The molecule has 7 nitrogen and oxygen atoms in total. The van der Waals surface area contributed by atoms with Crippen molar-refractivity contribution in [2.24, 2.45) is 0 Å². The van der Waals surface area contributed by atoms with Crippen LogP contribution in [0.15, 0.2) is 48.8 Å². The van der Waals surface area contributed by atoms with Gasteiger partial charge in [0.2, 0.25) is 0 Å². The molecule has 2 aromatic heterocycles. The SMILES string of the molecule is CNC(=O)c1cccc(NC(=O)NCCc2cn3ccccc3n2)c1C. The molecule has 3 aromatic rings. The highest BCUT2D eigenvalue weighted by atomic mass is 16.2. The van der Waals surface area contributed by atoms with Gasteiger partial charge in [-0.2, -0.15) is 0 Å². The number of hydrogen-bond donors (Lipinski definition) is 3. The third kappa shape index (κ3) is 3.83. The third-order valence-electron chi connectivity index (χ3n) is 4.13. The van der Waals surface area contributed by atoms with E-state index in [-0.39, 0.29) is 11.9 Å². The summed E-state index contributed by atoms with van der Waals surface area (Å²) in [5.41, 5.74) is 3.66. The predicted molar refractivity (Wildman–Crippen MR) is 100 cm³/mol. The Bertz CT molecular complexity index is 915. The normalized spacial score (nSPS) is 10.5. The van der Waals surface area contributed by atoms with Gasteiger partial charge < -0.3 is 20.4 Å². The number of fused-ring (bicyclic) bond motifs is 1. The summed E-state index contributed by atoms with van der Waals surface area (Å²) in [4.78, 5) is 28.5. The molecule has 0 bridgehead atoms. The average molecular weight is 351 g/mol. The molecule has 0 aliphatic heterocycles. The lowest BCUT2D eigenvalue weighted by Crippen LogP contribution is -2.31. The number of amides is 3. The van der Waals surface area contributed by atoms with Gasteiger partial charge in [0, 0.05) is 43.7 Å². The minimum atomic E-state index is -0.314. The number of imidazole rings is 1. The number of carbonyl (C=O) groups is 2. The van der Waals surface area contributed by atoms with Crippen molar-refractivity contribution in [2.75, 3.05) is 18.9 Å². The first kappa shape index (κ1) is 17.5. The van der Waals surface area contributed by atoms with E-state index in [0.717, 1.165) is 16.9 Å². The summed E-state index contributed by atoms with van der Waals surface area (Å²) in [5, 5.41) is 8.19. The minimum absolute atomic E-state index is 0.182. The van der Waals surface area contributed by atoms with Crippen molar-refractivity contribution in [2.45, 2.75) is 13.3 Å². The maximum atomic E-state index is 12.1. The zero-order valence-electron chi connectivity index (χ0n) is 14.7. The maximum absolute atomic E-state index is 12.1. The number of benzene rings is 1. The van der Waals surface area contributed by atoms with Crippen LogP contribution in [0.3, 0.4) is 0 Å². The van der Waals surface area contributed by atoms with Crippen molar-refractivity contribution in [3.63, 3.8) is 0 Å². The standard InChI is InChI=1S/C19H21N5O2/c1-13-15(18(25)20-2)6-5-7-16(13)23-19(26)21-10-9-14-12-24-11-4-3-8-17(24)22-14/h3-8,11-12H,9-10H2,1-2H3,(H,20,25)(H2,21,23,26). The largest absolute Gasteiger partial charge is 0.355 e. The molecule has 0 radical (unpaired) electrons. The van der Waals surface area contributed by atoms with Gasteiger partial charge in [-0.25, -0.2) is 9.78 Å². The highest BCUT2D eigenvalue weighted by molar-refractivity contribution is 5.98.